The standard InChI is InChI=1S/C14H15N5O2/c1-20-11-4-2-3-9(5-11)13-18-14(21-19-13)12(15)6-10-7-16-8-17-10/h2-5,7-8,12H,6,15H2,1H3,(H,16,17)/t12-/m0/s1. The number of H-pyrrole nitrogens is 1. The first-order chi connectivity index (χ1) is 10.3. The fraction of sp³-hybridized carbons (Fsp3) is 0.214. The molecule has 2 aromatic heterocycles. The quantitative estimate of drug-likeness (QED) is 0.739. The Morgan fingerprint density at radius 1 is 1.43 bits per heavy atom. The number of hydrogen-bond donors (Lipinski definition) is 2. The first-order valence-electron chi connectivity index (χ1n) is 6.47. The molecule has 0 amide bonds. The summed E-state index contributed by atoms with van der Waals surface area (Å²) in [5, 5.41) is 3.96. The van der Waals surface area contributed by atoms with E-state index < -0.39 is 0 Å². The Labute approximate surface area is 121 Å². The van der Waals surface area contributed by atoms with E-state index in [1.54, 1.807) is 19.6 Å². The van der Waals surface area contributed by atoms with Gasteiger partial charge in [0, 0.05) is 23.9 Å². The van der Waals surface area contributed by atoms with E-state index in [9.17, 15) is 0 Å². The van der Waals surface area contributed by atoms with Gasteiger partial charge in [0.05, 0.1) is 19.5 Å². The highest BCUT2D eigenvalue weighted by atomic mass is 16.5. The predicted molar refractivity (Wildman–Crippen MR) is 75.5 cm³/mol. The molecule has 0 unspecified atom stereocenters. The minimum atomic E-state index is -0.377. The van der Waals surface area contributed by atoms with Crippen molar-refractivity contribution in [3.63, 3.8) is 0 Å². The zero-order chi connectivity index (χ0) is 14.7. The largest absolute Gasteiger partial charge is 0.497 e. The van der Waals surface area contributed by atoms with E-state index in [-0.39, 0.29) is 6.04 Å². The molecular formula is C14H15N5O2. The SMILES string of the molecule is COc1cccc(-c2noc([C@@H](N)Cc3cnc[nH]3)n2)c1. The second-order valence-electron chi connectivity index (χ2n) is 4.58. The summed E-state index contributed by atoms with van der Waals surface area (Å²) in [6.45, 7) is 0. The predicted octanol–water partition coefficient (Wildman–Crippen LogP) is 1.71. The Bertz CT molecular complexity index is 708. The lowest BCUT2D eigenvalue weighted by molar-refractivity contribution is 0.354. The van der Waals surface area contributed by atoms with Crippen molar-refractivity contribution < 1.29 is 9.26 Å². The molecule has 1 aromatic carbocycles. The maximum absolute atomic E-state index is 6.06. The monoisotopic (exact) mass is 285 g/mol. The molecule has 0 saturated carbocycles. The zero-order valence-corrected chi connectivity index (χ0v) is 11.5. The maximum atomic E-state index is 6.06. The number of imidazole rings is 1. The highest BCUT2D eigenvalue weighted by Gasteiger charge is 2.17. The van der Waals surface area contributed by atoms with Gasteiger partial charge in [-0.3, -0.25) is 0 Å². The summed E-state index contributed by atoms with van der Waals surface area (Å²) < 4.78 is 10.4. The minimum Gasteiger partial charge on any atom is -0.497 e. The summed E-state index contributed by atoms with van der Waals surface area (Å²) in [4.78, 5) is 11.3. The first-order valence-corrected chi connectivity index (χ1v) is 6.47. The molecule has 0 saturated heterocycles. The molecule has 21 heavy (non-hydrogen) atoms. The molecule has 108 valence electrons. The van der Waals surface area contributed by atoms with E-state index in [1.165, 1.54) is 0 Å². The number of methoxy groups -OCH3 is 1. The summed E-state index contributed by atoms with van der Waals surface area (Å²) in [5.74, 6) is 1.62. The molecule has 0 bridgehead atoms. The van der Waals surface area contributed by atoms with Gasteiger partial charge in [0.15, 0.2) is 0 Å². The molecule has 7 nitrogen and oxygen atoms in total. The molecular weight excluding hydrogens is 270 g/mol. The van der Waals surface area contributed by atoms with Crippen molar-refractivity contribution in [3.8, 4) is 17.1 Å². The number of benzene rings is 1. The van der Waals surface area contributed by atoms with Gasteiger partial charge in [0.2, 0.25) is 11.7 Å². The third-order valence-electron chi connectivity index (χ3n) is 3.08. The number of nitrogens with one attached hydrogen (secondary N) is 1. The third kappa shape index (κ3) is 2.92. The van der Waals surface area contributed by atoms with Gasteiger partial charge in [-0.2, -0.15) is 4.98 Å². The van der Waals surface area contributed by atoms with Gasteiger partial charge in [-0.05, 0) is 12.1 Å². The van der Waals surface area contributed by atoms with Crippen molar-refractivity contribution in [1.29, 1.82) is 0 Å². The number of hydrogen-bond acceptors (Lipinski definition) is 6. The van der Waals surface area contributed by atoms with E-state index in [0.29, 0.717) is 18.1 Å². The molecule has 3 N–H and O–H groups in total. The zero-order valence-electron chi connectivity index (χ0n) is 11.5. The van der Waals surface area contributed by atoms with Crippen LogP contribution in [0, 0.1) is 0 Å². The normalized spacial score (nSPS) is 12.3. The van der Waals surface area contributed by atoms with Crippen LogP contribution in [0.25, 0.3) is 11.4 Å². The van der Waals surface area contributed by atoms with Crippen LogP contribution in [-0.4, -0.2) is 27.2 Å². The molecule has 7 heteroatoms. The summed E-state index contributed by atoms with van der Waals surface area (Å²) in [5.41, 5.74) is 7.80. The van der Waals surface area contributed by atoms with Crippen LogP contribution in [0.15, 0.2) is 41.3 Å². The van der Waals surface area contributed by atoms with Gasteiger partial charge < -0.3 is 20.0 Å². The molecule has 0 aliphatic heterocycles. The number of aromatic amines is 1. The third-order valence-corrected chi connectivity index (χ3v) is 3.08. The van der Waals surface area contributed by atoms with E-state index in [0.717, 1.165) is 17.0 Å². The van der Waals surface area contributed by atoms with Gasteiger partial charge in [-0.15, -0.1) is 0 Å². The lowest BCUT2D eigenvalue weighted by atomic mass is 10.2. The lowest BCUT2D eigenvalue weighted by Gasteiger charge is -2.03. The molecule has 3 aromatic rings. The summed E-state index contributed by atoms with van der Waals surface area (Å²) in [7, 11) is 1.61. The number of aromatic nitrogens is 4. The fourth-order valence-electron chi connectivity index (χ4n) is 1.99. The molecule has 0 spiro atoms. The van der Waals surface area contributed by atoms with Gasteiger partial charge in [0.1, 0.15) is 5.75 Å². The van der Waals surface area contributed by atoms with E-state index in [1.807, 2.05) is 24.3 Å². The summed E-state index contributed by atoms with van der Waals surface area (Å²) >= 11 is 0. The summed E-state index contributed by atoms with van der Waals surface area (Å²) in [6.07, 6.45) is 3.89. The van der Waals surface area contributed by atoms with Crippen LogP contribution < -0.4 is 10.5 Å². The molecule has 0 fully saturated rings. The van der Waals surface area contributed by atoms with Gasteiger partial charge in [-0.25, -0.2) is 4.98 Å². The molecule has 0 aliphatic carbocycles. The minimum absolute atomic E-state index is 0.377. The smallest absolute Gasteiger partial charge is 0.244 e. The van der Waals surface area contributed by atoms with Gasteiger partial charge >= 0.3 is 0 Å². The van der Waals surface area contributed by atoms with Crippen molar-refractivity contribution >= 4 is 0 Å². The van der Waals surface area contributed by atoms with Crippen molar-refractivity contribution in [2.24, 2.45) is 5.73 Å². The van der Waals surface area contributed by atoms with Crippen LogP contribution in [0.3, 0.4) is 0 Å². The van der Waals surface area contributed by atoms with E-state index >= 15 is 0 Å². The van der Waals surface area contributed by atoms with Crippen LogP contribution >= 0.6 is 0 Å². The van der Waals surface area contributed by atoms with Crippen LogP contribution in [0.5, 0.6) is 5.75 Å². The first kappa shape index (κ1) is 13.3. The van der Waals surface area contributed by atoms with Gasteiger partial charge in [-0.1, -0.05) is 17.3 Å². The molecule has 0 aliphatic rings. The number of rotatable bonds is 5. The Hall–Kier alpha value is -2.67. The van der Waals surface area contributed by atoms with E-state index in [2.05, 4.69) is 20.1 Å². The molecule has 3 rings (SSSR count). The maximum Gasteiger partial charge on any atom is 0.244 e. The Balaban J connectivity index is 1.79. The average molecular weight is 285 g/mol. The lowest BCUT2D eigenvalue weighted by Crippen LogP contribution is -2.13. The Kier molecular flexibility index (Phi) is 3.65. The summed E-state index contributed by atoms with van der Waals surface area (Å²) in [6, 6.07) is 7.08. The highest BCUT2D eigenvalue weighted by molar-refractivity contribution is 5.56. The van der Waals surface area contributed by atoms with Crippen molar-refractivity contribution in [2.45, 2.75) is 12.5 Å². The van der Waals surface area contributed by atoms with Crippen molar-refractivity contribution in [2.75, 3.05) is 7.11 Å². The highest BCUT2D eigenvalue weighted by Crippen LogP contribution is 2.23. The Morgan fingerprint density at radius 2 is 2.33 bits per heavy atom. The van der Waals surface area contributed by atoms with Crippen LogP contribution in [0.4, 0.5) is 0 Å². The Morgan fingerprint density at radius 3 is 3.10 bits per heavy atom. The molecule has 0 radical (unpaired) electrons. The fourth-order valence-corrected chi connectivity index (χ4v) is 1.99. The van der Waals surface area contributed by atoms with Crippen molar-refractivity contribution in [1.82, 2.24) is 20.1 Å². The second-order valence-corrected chi connectivity index (χ2v) is 4.58. The van der Waals surface area contributed by atoms with E-state index in [4.69, 9.17) is 15.0 Å². The average Bonchev–Trinajstić information content (AvgIpc) is 3.18. The second kappa shape index (κ2) is 5.76. The van der Waals surface area contributed by atoms with Crippen LogP contribution in [0.2, 0.25) is 0 Å². The number of nitrogens with zero attached hydrogens (tertiary/aromatic N) is 3. The molecule has 1 atom stereocenters. The van der Waals surface area contributed by atoms with Gasteiger partial charge in [0.25, 0.3) is 0 Å². The van der Waals surface area contributed by atoms with Crippen LogP contribution in [0.1, 0.15) is 17.6 Å². The number of ether oxygens (including phenoxy) is 1. The van der Waals surface area contributed by atoms with Crippen LogP contribution in [-0.2, 0) is 6.42 Å². The van der Waals surface area contributed by atoms with Crippen molar-refractivity contribution in [3.05, 3.63) is 48.4 Å². The molecule has 2 heterocycles. The topological polar surface area (TPSA) is 103 Å². The number of nitrogens with two attached hydrogens (primary N) is 1.